The Kier molecular flexibility index (Phi) is 2.64. The van der Waals surface area contributed by atoms with E-state index in [1.807, 2.05) is 24.3 Å². The van der Waals surface area contributed by atoms with Gasteiger partial charge >= 0.3 is 0 Å². The van der Waals surface area contributed by atoms with E-state index in [1.54, 1.807) is 19.3 Å². The zero-order chi connectivity index (χ0) is 12.4. The van der Waals surface area contributed by atoms with E-state index < -0.39 is 0 Å². The van der Waals surface area contributed by atoms with Crippen LogP contribution in [0.3, 0.4) is 0 Å². The first-order chi connectivity index (χ1) is 8.81. The average molecular weight is 241 g/mol. The molecule has 2 aromatic heterocycles. The minimum Gasteiger partial charge on any atom is -0.484 e. The molecule has 0 aliphatic heterocycles. The maximum atomic E-state index is 5.59. The molecule has 3 aromatic rings. The van der Waals surface area contributed by atoms with Crippen LogP contribution in [0, 0.1) is 6.92 Å². The highest BCUT2D eigenvalue weighted by molar-refractivity contribution is 5.82. The Morgan fingerprint density at radius 3 is 2.94 bits per heavy atom. The Hall–Kier alpha value is -2.43. The van der Waals surface area contributed by atoms with Crippen LogP contribution >= 0.6 is 0 Å². The molecule has 0 spiro atoms. The number of pyridine rings is 1. The van der Waals surface area contributed by atoms with Crippen molar-refractivity contribution >= 4 is 10.8 Å². The molecule has 0 aliphatic rings. The van der Waals surface area contributed by atoms with Crippen molar-refractivity contribution < 1.29 is 9.15 Å². The molecule has 90 valence electrons. The summed E-state index contributed by atoms with van der Waals surface area (Å²) in [4.78, 5) is 4.08. The van der Waals surface area contributed by atoms with Crippen LogP contribution in [0.25, 0.3) is 10.8 Å². The third kappa shape index (κ3) is 2.15. The molecule has 0 amide bonds. The summed E-state index contributed by atoms with van der Waals surface area (Å²) in [7, 11) is 0. The Balaban J connectivity index is 1.78. The number of hydrogen-bond donors (Lipinski definition) is 0. The summed E-state index contributed by atoms with van der Waals surface area (Å²) in [5.41, 5.74) is 0. The van der Waals surface area contributed by atoms with Gasteiger partial charge in [-0.15, -0.1) is 10.2 Å². The minimum absolute atomic E-state index is 0.270. The number of benzene rings is 1. The van der Waals surface area contributed by atoms with Crippen molar-refractivity contribution in [1.29, 1.82) is 0 Å². The van der Waals surface area contributed by atoms with E-state index in [9.17, 15) is 0 Å². The molecule has 0 atom stereocenters. The fourth-order valence-corrected chi connectivity index (χ4v) is 1.69. The van der Waals surface area contributed by atoms with Crippen LogP contribution in [0.1, 0.15) is 11.8 Å². The van der Waals surface area contributed by atoms with E-state index in [-0.39, 0.29) is 6.61 Å². The Morgan fingerprint density at radius 1 is 1.17 bits per heavy atom. The Bertz CT molecular complexity index is 679. The van der Waals surface area contributed by atoms with Gasteiger partial charge in [0.25, 0.3) is 5.89 Å². The fourth-order valence-electron chi connectivity index (χ4n) is 1.69. The van der Waals surface area contributed by atoms with E-state index in [4.69, 9.17) is 9.15 Å². The van der Waals surface area contributed by atoms with Gasteiger partial charge in [0.05, 0.1) is 0 Å². The topological polar surface area (TPSA) is 61.0 Å². The van der Waals surface area contributed by atoms with Crippen LogP contribution in [0.2, 0.25) is 0 Å². The molecule has 18 heavy (non-hydrogen) atoms. The van der Waals surface area contributed by atoms with Gasteiger partial charge in [-0.1, -0.05) is 6.07 Å². The molecule has 2 heterocycles. The smallest absolute Gasteiger partial charge is 0.253 e. The summed E-state index contributed by atoms with van der Waals surface area (Å²) in [6.45, 7) is 2.02. The fraction of sp³-hybridized carbons (Fsp3) is 0.154. The lowest BCUT2D eigenvalue weighted by molar-refractivity contribution is 0.260. The van der Waals surface area contributed by atoms with Crippen molar-refractivity contribution in [3.8, 4) is 5.75 Å². The zero-order valence-electron chi connectivity index (χ0n) is 9.83. The third-order valence-electron chi connectivity index (χ3n) is 2.54. The molecule has 0 unspecified atom stereocenters. The molecule has 0 saturated heterocycles. The van der Waals surface area contributed by atoms with Crippen molar-refractivity contribution in [3.05, 3.63) is 48.4 Å². The van der Waals surface area contributed by atoms with E-state index >= 15 is 0 Å². The first kappa shape index (κ1) is 10.7. The molecule has 3 rings (SSSR count). The first-order valence-electron chi connectivity index (χ1n) is 5.57. The number of nitrogens with zero attached hydrogens (tertiary/aromatic N) is 3. The highest BCUT2D eigenvalue weighted by Gasteiger charge is 2.03. The van der Waals surface area contributed by atoms with Crippen molar-refractivity contribution in [1.82, 2.24) is 15.2 Å². The quantitative estimate of drug-likeness (QED) is 0.705. The van der Waals surface area contributed by atoms with E-state index in [2.05, 4.69) is 15.2 Å². The monoisotopic (exact) mass is 241 g/mol. The highest BCUT2D eigenvalue weighted by Crippen LogP contribution is 2.20. The lowest BCUT2D eigenvalue weighted by Gasteiger charge is -2.04. The summed E-state index contributed by atoms with van der Waals surface area (Å²) in [6.07, 6.45) is 3.57. The molecule has 0 radical (unpaired) electrons. The van der Waals surface area contributed by atoms with Gasteiger partial charge < -0.3 is 9.15 Å². The van der Waals surface area contributed by atoms with Gasteiger partial charge in [0, 0.05) is 24.7 Å². The van der Waals surface area contributed by atoms with Crippen molar-refractivity contribution in [2.45, 2.75) is 13.5 Å². The predicted octanol–water partition coefficient (Wildman–Crippen LogP) is 2.51. The van der Waals surface area contributed by atoms with Gasteiger partial charge in [-0.3, -0.25) is 4.98 Å². The van der Waals surface area contributed by atoms with E-state index in [1.165, 1.54) is 0 Å². The Labute approximate surface area is 103 Å². The minimum atomic E-state index is 0.270. The van der Waals surface area contributed by atoms with Crippen molar-refractivity contribution in [2.75, 3.05) is 0 Å². The van der Waals surface area contributed by atoms with Gasteiger partial charge in [0.2, 0.25) is 5.89 Å². The standard InChI is InChI=1S/C13H11N3O2/c1-9-15-16-13(18-9)8-17-12-3-2-10-4-5-14-7-11(10)6-12/h2-7H,8H2,1H3. The second-order valence-electron chi connectivity index (χ2n) is 3.89. The molecule has 0 fully saturated rings. The van der Waals surface area contributed by atoms with Crippen molar-refractivity contribution in [2.24, 2.45) is 0 Å². The number of fused-ring (bicyclic) bond motifs is 1. The summed E-state index contributed by atoms with van der Waals surface area (Å²) in [5.74, 6) is 1.77. The van der Waals surface area contributed by atoms with Gasteiger partial charge in [-0.05, 0) is 23.6 Å². The van der Waals surface area contributed by atoms with Crippen LogP contribution in [0.5, 0.6) is 5.75 Å². The normalized spacial score (nSPS) is 10.7. The lowest BCUT2D eigenvalue weighted by atomic mass is 10.2. The lowest BCUT2D eigenvalue weighted by Crippen LogP contribution is -1.95. The second kappa shape index (κ2) is 4.44. The number of aryl methyl sites for hydroxylation is 1. The molecule has 0 bridgehead atoms. The molecule has 0 N–H and O–H groups in total. The SMILES string of the molecule is Cc1nnc(COc2ccc3ccncc3c2)o1. The van der Waals surface area contributed by atoms with E-state index in [0.29, 0.717) is 11.8 Å². The third-order valence-corrected chi connectivity index (χ3v) is 2.54. The van der Waals surface area contributed by atoms with Gasteiger partial charge in [0.1, 0.15) is 5.75 Å². The Morgan fingerprint density at radius 2 is 2.11 bits per heavy atom. The molecule has 0 aliphatic carbocycles. The van der Waals surface area contributed by atoms with Crippen LogP contribution in [0.15, 0.2) is 41.1 Å². The summed E-state index contributed by atoms with van der Waals surface area (Å²) in [5, 5.41) is 9.78. The van der Waals surface area contributed by atoms with Crippen LogP contribution < -0.4 is 4.74 Å². The van der Waals surface area contributed by atoms with Crippen LogP contribution in [0.4, 0.5) is 0 Å². The summed E-state index contributed by atoms with van der Waals surface area (Å²) in [6, 6.07) is 7.79. The molecule has 5 nitrogen and oxygen atoms in total. The molecule has 5 heteroatoms. The van der Waals surface area contributed by atoms with Gasteiger partial charge in [0.15, 0.2) is 6.61 Å². The number of hydrogen-bond acceptors (Lipinski definition) is 5. The van der Waals surface area contributed by atoms with Crippen LogP contribution in [-0.4, -0.2) is 15.2 Å². The number of rotatable bonds is 3. The average Bonchev–Trinajstić information content (AvgIpc) is 2.82. The van der Waals surface area contributed by atoms with Crippen LogP contribution in [-0.2, 0) is 6.61 Å². The predicted molar refractivity (Wildman–Crippen MR) is 65.1 cm³/mol. The number of aromatic nitrogens is 3. The summed E-state index contributed by atoms with van der Waals surface area (Å²) < 4.78 is 10.8. The highest BCUT2D eigenvalue weighted by atomic mass is 16.5. The zero-order valence-corrected chi connectivity index (χ0v) is 9.83. The first-order valence-corrected chi connectivity index (χ1v) is 5.57. The molecule has 0 saturated carbocycles. The second-order valence-corrected chi connectivity index (χ2v) is 3.89. The molecule has 1 aromatic carbocycles. The molecular formula is C13H11N3O2. The largest absolute Gasteiger partial charge is 0.484 e. The van der Waals surface area contributed by atoms with Gasteiger partial charge in [-0.2, -0.15) is 0 Å². The van der Waals surface area contributed by atoms with E-state index in [0.717, 1.165) is 16.5 Å². The summed E-state index contributed by atoms with van der Waals surface area (Å²) >= 11 is 0. The molecular weight excluding hydrogens is 230 g/mol. The number of ether oxygens (including phenoxy) is 1. The van der Waals surface area contributed by atoms with Gasteiger partial charge in [-0.25, -0.2) is 0 Å². The van der Waals surface area contributed by atoms with Crippen molar-refractivity contribution in [3.63, 3.8) is 0 Å². The maximum Gasteiger partial charge on any atom is 0.253 e. The maximum absolute atomic E-state index is 5.59.